The average Bonchev–Trinajstić information content (AvgIpc) is 3.99. The number of hydrogen-bond donors (Lipinski definition) is 8. The molecule has 13 rings (SSSR count). The number of nitrogens with zero attached hydrogens (tertiary/aromatic N) is 1. The van der Waals surface area contributed by atoms with Crippen LogP contribution in [0.2, 0.25) is 0 Å². The van der Waals surface area contributed by atoms with Crippen molar-refractivity contribution < 1.29 is 55.2 Å². The van der Waals surface area contributed by atoms with Gasteiger partial charge >= 0.3 is 0 Å². The second-order valence-electron chi connectivity index (χ2n) is 23.8. The number of allylic oxidation sites excluding steroid dienone is 2. The molecule has 19 atom stereocenters. The molecule has 4 saturated carbocycles. The Hall–Kier alpha value is -2.42. The number of hydrogen-bond acceptors (Lipinski definition) is 13. The number of ketones is 1. The van der Waals surface area contributed by atoms with Gasteiger partial charge in [-0.05, 0) is 134 Å². The Kier molecular flexibility index (Phi) is 11.5. The van der Waals surface area contributed by atoms with Crippen LogP contribution in [0.1, 0.15) is 104 Å². The van der Waals surface area contributed by atoms with Crippen molar-refractivity contribution in [3.8, 4) is 17.6 Å². The molecule has 6 aliphatic carbocycles. The third-order valence-corrected chi connectivity index (χ3v) is 24.0. The van der Waals surface area contributed by atoms with E-state index in [0.29, 0.717) is 75.1 Å². The summed E-state index contributed by atoms with van der Waals surface area (Å²) in [6, 6.07) is 5.30. The molecule has 1 aromatic rings. The average molecular weight is 974 g/mol. The lowest BCUT2D eigenvalue weighted by atomic mass is 9.36. The van der Waals surface area contributed by atoms with E-state index in [9.17, 15) is 40.9 Å². The van der Waals surface area contributed by atoms with Gasteiger partial charge in [0, 0.05) is 53.7 Å². The number of aromatic hydroxyl groups is 1. The molecule has 14 heteroatoms. The van der Waals surface area contributed by atoms with E-state index in [1.807, 2.05) is 13.0 Å². The number of aliphatic hydroxyl groups is 7. The standard InChI is InChI=1S/C54H71NO11S2/c1-29(2)30(3)43-46(66-43)53(64)15-7-9-32-22-38-39-24-42(60)52-28-67-68-44(40(59)12-6-11-37(52)45(61)49(63,27-57)26-48(38,52)4)36-10-5-8-33(25-56)50(36)18-19-55(47(50)62)34-20-31(21-35(58)23-34)13-16-51(32)41(53)14-17-54(39,51)65/h7,9,20-21,23-24,29-30,32-33,36-38,40-41,43-46,56-59,61,63-65H,5,8,10,12-19,22,25-28H2,1-4H3. The number of aliphatic hydroxyl groups excluding tert-OH is 4. The van der Waals surface area contributed by atoms with Crippen LogP contribution in [0, 0.1) is 80.8 Å². The number of phenolic OH excluding ortho intramolecular Hbond substituents is 1. The number of ether oxygens (including phenoxy) is 1. The molecule has 0 radical (unpaired) electrons. The van der Waals surface area contributed by atoms with Crippen LogP contribution in [0.5, 0.6) is 5.75 Å². The number of epoxide rings is 1. The Morgan fingerprint density at radius 2 is 1.81 bits per heavy atom. The molecule has 12 aliphatic rings. The van der Waals surface area contributed by atoms with Gasteiger partial charge in [-0.15, -0.1) is 5.92 Å². The van der Waals surface area contributed by atoms with E-state index in [1.165, 1.54) is 21.6 Å². The highest BCUT2D eigenvalue weighted by Crippen LogP contribution is 2.76. The molecular formula is C54H71NO11S2. The van der Waals surface area contributed by atoms with Crippen LogP contribution in [0.25, 0.3) is 0 Å². The lowest BCUT2D eigenvalue weighted by Crippen LogP contribution is -2.74. The van der Waals surface area contributed by atoms with Gasteiger partial charge in [-0.1, -0.05) is 73.8 Å². The maximum absolute atomic E-state index is 16.0. The fraction of sp³-hybridized carbons (Fsp3) is 0.741. The Bertz CT molecular complexity index is 2380. The third kappa shape index (κ3) is 6.19. The van der Waals surface area contributed by atoms with Crippen molar-refractivity contribution in [3.05, 3.63) is 47.6 Å². The van der Waals surface area contributed by atoms with Gasteiger partial charge in [0.25, 0.3) is 0 Å². The molecule has 2 saturated heterocycles. The summed E-state index contributed by atoms with van der Waals surface area (Å²) in [6.07, 6.45) is 7.18. The van der Waals surface area contributed by atoms with Gasteiger partial charge in [-0.2, -0.15) is 0 Å². The third-order valence-electron chi connectivity index (χ3n) is 21.0. The van der Waals surface area contributed by atoms with Gasteiger partial charge in [-0.3, -0.25) is 9.59 Å². The van der Waals surface area contributed by atoms with Crippen LogP contribution in [-0.4, -0.2) is 125 Å². The quantitative estimate of drug-likeness (QED) is 0.0836. The second-order valence-corrected chi connectivity index (χ2v) is 26.3. The van der Waals surface area contributed by atoms with Gasteiger partial charge in [0.2, 0.25) is 5.91 Å². The number of aryl methyl sites for hydroxylation is 1. The number of carbonyl (C=O) groups excluding carboxylic acids is 2. The smallest absolute Gasteiger partial charge is 0.233 e. The Morgan fingerprint density at radius 1 is 1.01 bits per heavy atom. The molecule has 1 amide bonds. The number of phenols is 1. The molecule has 9 bridgehead atoms. The molecule has 6 aliphatic heterocycles. The molecule has 1 aromatic carbocycles. The van der Waals surface area contributed by atoms with E-state index in [4.69, 9.17) is 4.74 Å². The zero-order valence-electron chi connectivity index (χ0n) is 39.8. The predicted molar refractivity (Wildman–Crippen MR) is 259 cm³/mol. The number of amides is 1. The monoisotopic (exact) mass is 973 g/mol. The van der Waals surface area contributed by atoms with Gasteiger partial charge in [0.05, 0.1) is 47.3 Å². The summed E-state index contributed by atoms with van der Waals surface area (Å²) >= 11 is 0. The van der Waals surface area contributed by atoms with E-state index in [0.717, 1.165) is 12.0 Å². The van der Waals surface area contributed by atoms with Crippen molar-refractivity contribution in [2.24, 2.45) is 69.0 Å². The molecule has 8 N–H and O–H groups in total. The number of carbonyl (C=O) groups is 2. The molecule has 6 heterocycles. The molecule has 12 nitrogen and oxygen atoms in total. The number of anilines is 1. The number of rotatable bonds is 5. The molecule has 68 heavy (non-hydrogen) atoms. The summed E-state index contributed by atoms with van der Waals surface area (Å²) in [5.74, 6) is 3.46. The maximum atomic E-state index is 16.0. The van der Waals surface area contributed by atoms with E-state index in [1.54, 1.807) is 23.1 Å². The van der Waals surface area contributed by atoms with Crippen molar-refractivity contribution in [2.45, 2.75) is 151 Å². The Balaban J connectivity index is 1.15. The lowest BCUT2D eigenvalue weighted by Gasteiger charge is -2.68. The van der Waals surface area contributed by atoms with E-state index in [-0.39, 0.29) is 78.8 Å². The van der Waals surface area contributed by atoms with E-state index in [2.05, 4.69) is 44.8 Å². The normalized spacial score (nSPS) is 49.6. The number of fused-ring (bicyclic) bond motifs is 1. The van der Waals surface area contributed by atoms with Gasteiger partial charge in [0.15, 0.2) is 5.78 Å². The summed E-state index contributed by atoms with van der Waals surface area (Å²) in [5, 5.41) is 97.7. The number of benzene rings is 1. The molecule has 19 unspecified atom stereocenters. The summed E-state index contributed by atoms with van der Waals surface area (Å²) < 4.78 is 6.51. The maximum Gasteiger partial charge on any atom is 0.233 e. The first kappa shape index (κ1) is 47.9. The largest absolute Gasteiger partial charge is 0.508 e. The SMILES string of the molecule is CC(C)C(C)C1OC1C1(O)CC=CC2CC3C4=CC(=O)C56CSSC(C(O)CC#CC5C(O)C(O)(CO)CC36C)C3CCCC(CO)C35CCN(C5=O)c3cc(O)cc(c3)CCC23C1CCC43O. The molecule has 3 spiro atoms. The zero-order chi connectivity index (χ0) is 48.1. The van der Waals surface area contributed by atoms with Crippen LogP contribution in [0.3, 0.4) is 0 Å². The summed E-state index contributed by atoms with van der Waals surface area (Å²) in [6.45, 7) is 7.85. The van der Waals surface area contributed by atoms with Gasteiger partial charge < -0.3 is 50.5 Å². The highest BCUT2D eigenvalue weighted by atomic mass is 33.1. The first-order valence-corrected chi connectivity index (χ1v) is 27.9. The van der Waals surface area contributed by atoms with Crippen LogP contribution in [0.15, 0.2) is 42.0 Å². The van der Waals surface area contributed by atoms with Crippen molar-refractivity contribution >= 4 is 39.0 Å². The zero-order valence-corrected chi connectivity index (χ0v) is 41.5. The van der Waals surface area contributed by atoms with E-state index >= 15 is 9.59 Å². The summed E-state index contributed by atoms with van der Waals surface area (Å²) in [4.78, 5) is 33.2. The second kappa shape index (κ2) is 16.3. The Morgan fingerprint density at radius 3 is 2.56 bits per heavy atom. The molecule has 6 fully saturated rings. The fourth-order valence-corrected chi connectivity index (χ4v) is 21.1. The van der Waals surface area contributed by atoms with Crippen molar-refractivity contribution in [3.63, 3.8) is 0 Å². The molecular weight excluding hydrogens is 903 g/mol. The van der Waals surface area contributed by atoms with Crippen LogP contribution in [-0.2, 0) is 20.7 Å². The summed E-state index contributed by atoms with van der Waals surface area (Å²) in [7, 11) is 2.88. The molecule has 370 valence electrons. The van der Waals surface area contributed by atoms with Gasteiger partial charge in [0.1, 0.15) is 23.1 Å². The molecule has 0 aromatic heterocycles. The minimum atomic E-state index is -2.05. The van der Waals surface area contributed by atoms with E-state index < -0.39 is 86.4 Å². The topological polar surface area (TPSA) is 212 Å². The minimum Gasteiger partial charge on any atom is -0.508 e. The van der Waals surface area contributed by atoms with Crippen molar-refractivity contribution in [1.82, 2.24) is 0 Å². The Labute approximate surface area is 408 Å². The summed E-state index contributed by atoms with van der Waals surface area (Å²) in [5.41, 5.74) is -7.78. The fourth-order valence-electron chi connectivity index (χ4n) is 17.3. The van der Waals surface area contributed by atoms with Crippen LogP contribution < -0.4 is 4.90 Å². The van der Waals surface area contributed by atoms with Crippen LogP contribution in [0.4, 0.5) is 5.69 Å². The lowest BCUT2D eigenvalue weighted by molar-refractivity contribution is -0.235. The van der Waals surface area contributed by atoms with Crippen molar-refractivity contribution in [2.75, 3.05) is 30.4 Å². The van der Waals surface area contributed by atoms with Gasteiger partial charge in [-0.25, -0.2) is 0 Å². The first-order chi connectivity index (χ1) is 32.3. The van der Waals surface area contributed by atoms with Crippen molar-refractivity contribution in [1.29, 1.82) is 0 Å². The highest BCUT2D eigenvalue weighted by molar-refractivity contribution is 8.77. The first-order valence-electron chi connectivity index (χ1n) is 25.6. The minimum absolute atomic E-state index is 0.00266. The van der Waals surface area contributed by atoms with Crippen LogP contribution >= 0.6 is 21.6 Å². The predicted octanol–water partition coefficient (Wildman–Crippen LogP) is 5.11. The highest BCUT2D eigenvalue weighted by Gasteiger charge is 2.79.